The van der Waals surface area contributed by atoms with Crippen molar-refractivity contribution in [3.63, 3.8) is 0 Å². The van der Waals surface area contributed by atoms with Crippen molar-refractivity contribution in [3.05, 3.63) is 24.3 Å². The van der Waals surface area contributed by atoms with Crippen molar-refractivity contribution in [3.8, 4) is 5.75 Å². The lowest BCUT2D eigenvalue weighted by Gasteiger charge is -2.38. The highest BCUT2D eigenvalue weighted by molar-refractivity contribution is 6.02. The molecule has 1 heterocycles. The number of carbonyl (C=O) groups excluding carboxylic acids is 1. The standard InChI is InChI=1S/C13H16FNO2/c1-13(2)12(16)15(9-5-8-14)10-6-3-4-7-11(10)17-13/h3-4,6-7H,5,8-9H2,1-2H3. The van der Waals surface area contributed by atoms with E-state index in [1.807, 2.05) is 24.3 Å². The molecule has 0 radical (unpaired) electrons. The number of fused-ring (bicyclic) bond motifs is 1. The van der Waals surface area contributed by atoms with E-state index < -0.39 is 12.3 Å². The molecule has 2 rings (SSSR count). The van der Waals surface area contributed by atoms with Gasteiger partial charge in [-0.15, -0.1) is 0 Å². The lowest BCUT2D eigenvalue weighted by Crippen LogP contribution is -2.52. The minimum absolute atomic E-state index is 0.121. The lowest BCUT2D eigenvalue weighted by molar-refractivity contribution is -0.132. The Labute approximate surface area is 100 Å². The van der Waals surface area contributed by atoms with E-state index in [1.165, 1.54) is 0 Å². The summed E-state index contributed by atoms with van der Waals surface area (Å²) in [5.41, 5.74) is -0.157. The summed E-state index contributed by atoms with van der Waals surface area (Å²) in [6.07, 6.45) is 0.343. The van der Waals surface area contributed by atoms with E-state index in [1.54, 1.807) is 18.7 Å². The van der Waals surface area contributed by atoms with Gasteiger partial charge in [0.25, 0.3) is 5.91 Å². The van der Waals surface area contributed by atoms with Gasteiger partial charge in [-0.05, 0) is 32.4 Å². The molecule has 0 unspecified atom stereocenters. The Morgan fingerprint density at radius 2 is 2.06 bits per heavy atom. The molecule has 4 heteroatoms. The van der Waals surface area contributed by atoms with Crippen molar-refractivity contribution in [1.82, 2.24) is 0 Å². The van der Waals surface area contributed by atoms with Crippen molar-refractivity contribution in [2.75, 3.05) is 18.1 Å². The molecular weight excluding hydrogens is 221 g/mol. The fourth-order valence-electron chi connectivity index (χ4n) is 1.96. The summed E-state index contributed by atoms with van der Waals surface area (Å²) in [6.45, 7) is 3.42. The van der Waals surface area contributed by atoms with Crippen molar-refractivity contribution < 1.29 is 13.9 Å². The second kappa shape index (κ2) is 4.35. The number of hydrogen-bond acceptors (Lipinski definition) is 2. The first-order chi connectivity index (χ1) is 8.06. The summed E-state index contributed by atoms with van der Waals surface area (Å²) in [4.78, 5) is 13.8. The first kappa shape index (κ1) is 11.9. The summed E-state index contributed by atoms with van der Waals surface area (Å²) in [5, 5.41) is 0. The van der Waals surface area contributed by atoms with E-state index in [2.05, 4.69) is 0 Å². The van der Waals surface area contributed by atoms with Crippen LogP contribution in [0.25, 0.3) is 0 Å². The third-order valence-electron chi connectivity index (χ3n) is 2.80. The minimum atomic E-state index is -0.884. The fourth-order valence-corrected chi connectivity index (χ4v) is 1.96. The van der Waals surface area contributed by atoms with Crippen LogP contribution in [0.4, 0.5) is 10.1 Å². The predicted octanol–water partition coefficient (Wildman–Crippen LogP) is 2.55. The number of rotatable bonds is 3. The second-order valence-corrected chi connectivity index (χ2v) is 4.58. The van der Waals surface area contributed by atoms with E-state index in [9.17, 15) is 9.18 Å². The van der Waals surface area contributed by atoms with Crippen LogP contribution in [0.5, 0.6) is 5.75 Å². The summed E-state index contributed by atoms with van der Waals surface area (Å²) in [6, 6.07) is 7.35. The monoisotopic (exact) mass is 237 g/mol. The normalized spacial score (nSPS) is 17.6. The predicted molar refractivity (Wildman–Crippen MR) is 64.1 cm³/mol. The van der Waals surface area contributed by atoms with Crippen LogP contribution in [0.2, 0.25) is 0 Å². The Kier molecular flexibility index (Phi) is 3.05. The van der Waals surface area contributed by atoms with Crippen LogP contribution in [0, 0.1) is 0 Å². The van der Waals surface area contributed by atoms with Gasteiger partial charge in [-0.25, -0.2) is 0 Å². The first-order valence-electron chi connectivity index (χ1n) is 5.72. The number of alkyl halides is 1. The number of benzene rings is 1. The van der Waals surface area contributed by atoms with Crippen LogP contribution >= 0.6 is 0 Å². The highest BCUT2D eigenvalue weighted by Crippen LogP contribution is 2.37. The third-order valence-corrected chi connectivity index (χ3v) is 2.80. The maximum Gasteiger partial charge on any atom is 0.270 e. The van der Waals surface area contributed by atoms with Crippen molar-refractivity contribution in [2.45, 2.75) is 25.9 Å². The average Bonchev–Trinajstić information content (AvgIpc) is 2.29. The summed E-state index contributed by atoms with van der Waals surface area (Å²) in [7, 11) is 0. The number of amides is 1. The zero-order valence-electron chi connectivity index (χ0n) is 10.1. The molecule has 0 aromatic heterocycles. The highest BCUT2D eigenvalue weighted by Gasteiger charge is 2.40. The van der Waals surface area contributed by atoms with E-state index in [0.717, 1.165) is 5.69 Å². The van der Waals surface area contributed by atoms with Gasteiger partial charge in [0.05, 0.1) is 12.4 Å². The SMILES string of the molecule is CC1(C)Oc2ccccc2N(CCCF)C1=O. The molecule has 1 aliphatic heterocycles. The molecule has 1 aliphatic rings. The maximum atomic E-state index is 12.3. The van der Waals surface area contributed by atoms with E-state index >= 15 is 0 Å². The molecule has 0 spiro atoms. The van der Waals surface area contributed by atoms with E-state index in [-0.39, 0.29) is 5.91 Å². The van der Waals surface area contributed by atoms with E-state index in [4.69, 9.17) is 4.74 Å². The van der Waals surface area contributed by atoms with Gasteiger partial charge >= 0.3 is 0 Å². The van der Waals surface area contributed by atoms with Crippen LogP contribution in [0.3, 0.4) is 0 Å². The molecule has 17 heavy (non-hydrogen) atoms. The number of nitrogens with zero attached hydrogens (tertiary/aromatic N) is 1. The van der Waals surface area contributed by atoms with Gasteiger partial charge in [-0.2, -0.15) is 0 Å². The molecular formula is C13H16FNO2. The summed E-state index contributed by atoms with van der Waals surface area (Å²) >= 11 is 0. The number of ether oxygens (including phenoxy) is 1. The van der Waals surface area contributed by atoms with Crippen molar-refractivity contribution in [1.29, 1.82) is 0 Å². The van der Waals surface area contributed by atoms with Crippen LogP contribution < -0.4 is 9.64 Å². The Morgan fingerprint density at radius 1 is 1.35 bits per heavy atom. The van der Waals surface area contributed by atoms with Crippen LogP contribution in [-0.2, 0) is 4.79 Å². The third kappa shape index (κ3) is 2.12. The summed E-state index contributed by atoms with van der Waals surface area (Å²) < 4.78 is 17.9. The van der Waals surface area contributed by atoms with Gasteiger partial charge < -0.3 is 9.64 Å². The minimum Gasteiger partial charge on any atom is -0.476 e. The smallest absolute Gasteiger partial charge is 0.270 e. The maximum absolute atomic E-state index is 12.3. The Balaban J connectivity index is 2.38. The molecule has 0 saturated carbocycles. The zero-order valence-corrected chi connectivity index (χ0v) is 10.1. The molecule has 3 nitrogen and oxygen atoms in total. The Bertz CT molecular complexity index is 431. The number of carbonyl (C=O) groups is 1. The summed E-state index contributed by atoms with van der Waals surface area (Å²) in [5.74, 6) is 0.556. The number of halogens is 1. The van der Waals surface area contributed by atoms with Crippen molar-refractivity contribution in [2.24, 2.45) is 0 Å². The largest absolute Gasteiger partial charge is 0.476 e. The quantitative estimate of drug-likeness (QED) is 0.808. The Morgan fingerprint density at radius 3 is 2.76 bits per heavy atom. The van der Waals surface area contributed by atoms with Gasteiger partial charge in [0.2, 0.25) is 0 Å². The zero-order chi connectivity index (χ0) is 12.5. The fraction of sp³-hybridized carbons (Fsp3) is 0.462. The van der Waals surface area contributed by atoms with Gasteiger partial charge in [-0.3, -0.25) is 9.18 Å². The molecule has 0 fully saturated rings. The number of anilines is 1. The molecule has 92 valence electrons. The lowest BCUT2D eigenvalue weighted by atomic mass is 10.0. The van der Waals surface area contributed by atoms with Gasteiger partial charge in [0, 0.05) is 6.54 Å². The average molecular weight is 237 g/mol. The first-order valence-corrected chi connectivity index (χ1v) is 5.72. The molecule has 0 bridgehead atoms. The second-order valence-electron chi connectivity index (χ2n) is 4.58. The molecule has 1 amide bonds. The van der Waals surface area contributed by atoms with E-state index in [0.29, 0.717) is 18.7 Å². The van der Waals surface area contributed by atoms with Gasteiger partial charge in [-0.1, -0.05) is 12.1 Å². The van der Waals surface area contributed by atoms with Crippen LogP contribution in [-0.4, -0.2) is 24.7 Å². The molecule has 0 atom stereocenters. The molecule has 1 aromatic carbocycles. The molecule has 1 aromatic rings. The molecule has 0 aliphatic carbocycles. The van der Waals surface area contributed by atoms with Crippen molar-refractivity contribution >= 4 is 11.6 Å². The topological polar surface area (TPSA) is 29.5 Å². The van der Waals surface area contributed by atoms with Crippen LogP contribution in [0.15, 0.2) is 24.3 Å². The molecule has 0 N–H and O–H groups in total. The number of hydrogen-bond donors (Lipinski definition) is 0. The number of para-hydroxylation sites is 2. The van der Waals surface area contributed by atoms with Gasteiger partial charge in [0.1, 0.15) is 5.75 Å². The van der Waals surface area contributed by atoms with Gasteiger partial charge in [0.15, 0.2) is 5.60 Å². The Hall–Kier alpha value is -1.58. The highest BCUT2D eigenvalue weighted by atomic mass is 19.1. The van der Waals surface area contributed by atoms with Crippen LogP contribution in [0.1, 0.15) is 20.3 Å². The molecule has 0 saturated heterocycles.